The Bertz CT molecular complexity index is 939. The van der Waals surface area contributed by atoms with Gasteiger partial charge in [-0.25, -0.2) is 14.3 Å². The molecule has 0 fully saturated rings. The van der Waals surface area contributed by atoms with Crippen LogP contribution in [-0.2, 0) is 14.8 Å². The van der Waals surface area contributed by atoms with E-state index < -0.39 is 22.5 Å². The van der Waals surface area contributed by atoms with E-state index in [0.717, 1.165) is 21.0 Å². The molecule has 0 saturated heterocycles. The molecule has 6 nitrogen and oxygen atoms in total. The minimum absolute atomic E-state index is 0.0731. The van der Waals surface area contributed by atoms with Crippen LogP contribution < -0.4 is 15.6 Å². The van der Waals surface area contributed by atoms with Crippen LogP contribution in [0.4, 0.5) is 5.69 Å². The third kappa shape index (κ3) is 4.12. The zero-order valence-electron chi connectivity index (χ0n) is 14.5. The predicted molar refractivity (Wildman–Crippen MR) is 104 cm³/mol. The number of sulfonamides is 1. The molecular formula is C17H19Cl2N3O3S. The quantitative estimate of drug-likeness (QED) is 0.445. The second kappa shape index (κ2) is 7.84. The Hall–Kier alpha value is -1.80. The average Bonchev–Trinajstić information content (AvgIpc) is 2.55. The van der Waals surface area contributed by atoms with Crippen LogP contribution in [0.15, 0.2) is 35.2 Å². The molecule has 0 bridgehead atoms. The fraction of sp³-hybridized carbons (Fsp3) is 0.235. The van der Waals surface area contributed by atoms with Gasteiger partial charge in [0, 0.05) is 0 Å². The fourth-order valence-corrected chi connectivity index (χ4v) is 4.73. The number of amides is 1. The van der Waals surface area contributed by atoms with Crippen LogP contribution in [0.25, 0.3) is 0 Å². The van der Waals surface area contributed by atoms with Gasteiger partial charge in [0.05, 0.1) is 20.6 Å². The number of rotatable bonds is 5. The molecule has 9 heteroatoms. The lowest BCUT2D eigenvalue weighted by Crippen LogP contribution is -2.43. The first kappa shape index (κ1) is 20.5. The van der Waals surface area contributed by atoms with Crippen LogP contribution in [-0.4, -0.2) is 20.9 Å². The molecule has 0 aliphatic heterocycles. The number of halogens is 2. The van der Waals surface area contributed by atoms with Crippen molar-refractivity contribution in [2.24, 2.45) is 5.84 Å². The first-order valence-electron chi connectivity index (χ1n) is 7.63. The summed E-state index contributed by atoms with van der Waals surface area (Å²) in [5, 5.41) is 0.341. The molecule has 0 heterocycles. The molecule has 0 aromatic heterocycles. The molecule has 2 aromatic rings. The molecule has 26 heavy (non-hydrogen) atoms. The third-order valence-corrected chi connectivity index (χ3v) is 6.29. The van der Waals surface area contributed by atoms with E-state index in [1.54, 1.807) is 13.8 Å². The van der Waals surface area contributed by atoms with E-state index in [4.69, 9.17) is 29.0 Å². The molecule has 140 valence electrons. The van der Waals surface area contributed by atoms with Crippen molar-refractivity contribution >= 4 is 44.8 Å². The number of carbonyl (C=O) groups is 1. The number of aryl methyl sites for hydroxylation is 3. The number of hydrogen-bond donors (Lipinski definition) is 2. The maximum atomic E-state index is 13.2. The molecule has 0 aliphatic carbocycles. The van der Waals surface area contributed by atoms with E-state index in [-0.39, 0.29) is 14.9 Å². The van der Waals surface area contributed by atoms with Gasteiger partial charge in [0.15, 0.2) is 0 Å². The molecule has 0 atom stereocenters. The van der Waals surface area contributed by atoms with E-state index in [1.165, 1.54) is 18.2 Å². The van der Waals surface area contributed by atoms with Crippen molar-refractivity contribution in [3.63, 3.8) is 0 Å². The largest absolute Gasteiger partial charge is 0.293 e. The number of nitrogens with one attached hydrogen (secondary N) is 1. The molecule has 0 unspecified atom stereocenters. The minimum atomic E-state index is -4.08. The maximum absolute atomic E-state index is 13.2. The van der Waals surface area contributed by atoms with E-state index in [1.807, 2.05) is 24.5 Å². The standard InChI is InChI=1S/C17H19Cl2N3O3S/c1-10-6-11(2)17(12(3)7-10)22(9-16(23)21-20)26(24,25)13-4-5-14(18)15(19)8-13/h4-8H,9,20H2,1-3H3,(H,21,23). The van der Waals surface area contributed by atoms with Crippen LogP contribution in [0.2, 0.25) is 10.0 Å². The smallest absolute Gasteiger partial charge is 0.264 e. The second-order valence-electron chi connectivity index (χ2n) is 5.90. The lowest BCUT2D eigenvalue weighted by atomic mass is 10.1. The van der Waals surface area contributed by atoms with Crippen LogP contribution in [0.5, 0.6) is 0 Å². The summed E-state index contributed by atoms with van der Waals surface area (Å²) in [6, 6.07) is 7.69. The normalized spacial score (nSPS) is 11.3. The van der Waals surface area contributed by atoms with Crippen molar-refractivity contribution in [2.75, 3.05) is 10.8 Å². The van der Waals surface area contributed by atoms with Crippen LogP contribution in [0.3, 0.4) is 0 Å². The zero-order valence-corrected chi connectivity index (χ0v) is 16.8. The highest BCUT2D eigenvalue weighted by Gasteiger charge is 2.29. The molecule has 1 amide bonds. The molecule has 2 aromatic carbocycles. The number of nitrogens with zero attached hydrogens (tertiary/aromatic N) is 1. The third-order valence-electron chi connectivity index (χ3n) is 3.81. The minimum Gasteiger partial charge on any atom is -0.293 e. The second-order valence-corrected chi connectivity index (χ2v) is 8.58. The molecule has 0 aliphatic rings. The van der Waals surface area contributed by atoms with Gasteiger partial charge in [-0.3, -0.25) is 14.5 Å². The summed E-state index contributed by atoms with van der Waals surface area (Å²) in [5.41, 5.74) is 4.81. The van der Waals surface area contributed by atoms with Gasteiger partial charge in [0.1, 0.15) is 6.54 Å². The summed E-state index contributed by atoms with van der Waals surface area (Å²) in [7, 11) is -4.08. The monoisotopic (exact) mass is 415 g/mol. The highest BCUT2D eigenvalue weighted by molar-refractivity contribution is 7.92. The van der Waals surface area contributed by atoms with Crippen molar-refractivity contribution in [1.82, 2.24) is 5.43 Å². The first-order chi connectivity index (χ1) is 12.1. The Morgan fingerprint density at radius 2 is 1.65 bits per heavy atom. The molecule has 3 N–H and O–H groups in total. The Kier molecular flexibility index (Phi) is 6.18. The van der Waals surface area contributed by atoms with Crippen LogP contribution in [0.1, 0.15) is 16.7 Å². The maximum Gasteiger partial charge on any atom is 0.264 e. The Balaban J connectivity index is 2.68. The van der Waals surface area contributed by atoms with Gasteiger partial charge in [0.2, 0.25) is 0 Å². The molecule has 0 radical (unpaired) electrons. The fourth-order valence-electron chi connectivity index (χ4n) is 2.79. The summed E-state index contributed by atoms with van der Waals surface area (Å²) in [4.78, 5) is 11.8. The van der Waals surface area contributed by atoms with Crippen LogP contribution >= 0.6 is 23.2 Å². The Labute approximate surface area is 162 Å². The summed E-state index contributed by atoms with van der Waals surface area (Å²) < 4.78 is 27.5. The SMILES string of the molecule is Cc1cc(C)c(N(CC(=O)NN)S(=O)(=O)c2ccc(Cl)c(Cl)c2)c(C)c1. The van der Waals surface area contributed by atoms with Crippen molar-refractivity contribution in [3.05, 3.63) is 57.1 Å². The van der Waals surface area contributed by atoms with Gasteiger partial charge in [0.25, 0.3) is 15.9 Å². The summed E-state index contributed by atoms with van der Waals surface area (Å²) >= 11 is 11.9. The number of benzene rings is 2. The van der Waals surface area contributed by atoms with Gasteiger partial charge in [-0.2, -0.15) is 0 Å². The van der Waals surface area contributed by atoms with Crippen molar-refractivity contribution in [1.29, 1.82) is 0 Å². The molecular weight excluding hydrogens is 397 g/mol. The zero-order chi connectivity index (χ0) is 19.6. The number of hydrogen-bond acceptors (Lipinski definition) is 4. The number of hydrazine groups is 1. The summed E-state index contributed by atoms with van der Waals surface area (Å²) in [6.07, 6.45) is 0. The van der Waals surface area contributed by atoms with Crippen LogP contribution in [0, 0.1) is 20.8 Å². The topological polar surface area (TPSA) is 92.5 Å². The van der Waals surface area contributed by atoms with Gasteiger partial charge in [-0.15, -0.1) is 0 Å². The van der Waals surface area contributed by atoms with Crippen molar-refractivity contribution in [2.45, 2.75) is 25.7 Å². The Morgan fingerprint density at radius 3 is 2.15 bits per heavy atom. The van der Waals surface area contributed by atoms with E-state index in [0.29, 0.717) is 5.69 Å². The van der Waals surface area contributed by atoms with Gasteiger partial charge < -0.3 is 0 Å². The van der Waals surface area contributed by atoms with Gasteiger partial charge >= 0.3 is 0 Å². The van der Waals surface area contributed by atoms with E-state index in [9.17, 15) is 13.2 Å². The van der Waals surface area contributed by atoms with E-state index >= 15 is 0 Å². The first-order valence-corrected chi connectivity index (χ1v) is 9.82. The van der Waals surface area contributed by atoms with Crippen molar-refractivity contribution in [3.8, 4) is 0 Å². The molecule has 0 spiro atoms. The highest BCUT2D eigenvalue weighted by Crippen LogP contribution is 2.33. The lowest BCUT2D eigenvalue weighted by molar-refractivity contribution is -0.119. The lowest BCUT2D eigenvalue weighted by Gasteiger charge is -2.27. The number of nitrogens with two attached hydrogens (primary N) is 1. The number of carbonyl (C=O) groups excluding carboxylic acids is 1. The van der Waals surface area contributed by atoms with Gasteiger partial charge in [-0.05, 0) is 50.1 Å². The highest BCUT2D eigenvalue weighted by atomic mass is 35.5. The predicted octanol–water partition coefficient (Wildman–Crippen LogP) is 3.10. The average molecular weight is 416 g/mol. The molecule has 2 rings (SSSR count). The molecule has 0 saturated carbocycles. The van der Waals surface area contributed by atoms with Gasteiger partial charge in [-0.1, -0.05) is 40.9 Å². The summed E-state index contributed by atoms with van der Waals surface area (Å²) in [5.74, 6) is 4.52. The Morgan fingerprint density at radius 1 is 1.08 bits per heavy atom. The van der Waals surface area contributed by atoms with Crippen molar-refractivity contribution < 1.29 is 13.2 Å². The number of anilines is 1. The summed E-state index contributed by atoms with van der Waals surface area (Å²) in [6.45, 7) is 5.01. The van der Waals surface area contributed by atoms with E-state index in [2.05, 4.69) is 0 Å².